The first-order valence-electron chi connectivity index (χ1n) is 5.71. The standard InChI is InChI=1S/C13H11Cl3N2O/c14-9-6-10(15)13(11(16)7-9)12(19)2-1-4-18-5-3-17-8-18/h3,5-8H,1-2,4H2. The van der Waals surface area contributed by atoms with Crippen LogP contribution in [0.2, 0.25) is 15.1 Å². The van der Waals surface area contributed by atoms with Crippen molar-refractivity contribution in [3.63, 3.8) is 0 Å². The molecule has 0 spiro atoms. The minimum absolute atomic E-state index is 0.0771. The molecule has 0 atom stereocenters. The van der Waals surface area contributed by atoms with Crippen LogP contribution in [0.25, 0.3) is 0 Å². The quantitative estimate of drug-likeness (QED) is 0.761. The van der Waals surface area contributed by atoms with Crippen LogP contribution in [-0.4, -0.2) is 15.3 Å². The van der Waals surface area contributed by atoms with Gasteiger partial charge in [-0.1, -0.05) is 34.8 Å². The maximum absolute atomic E-state index is 12.1. The van der Waals surface area contributed by atoms with Gasteiger partial charge in [-0.05, 0) is 18.6 Å². The molecule has 0 saturated heterocycles. The molecule has 0 amide bonds. The Kier molecular flexibility index (Phi) is 4.86. The second-order valence-corrected chi connectivity index (χ2v) is 5.32. The molecule has 1 aromatic carbocycles. The zero-order valence-electron chi connectivity index (χ0n) is 9.94. The highest BCUT2D eigenvalue weighted by atomic mass is 35.5. The summed E-state index contributed by atoms with van der Waals surface area (Å²) in [5, 5.41) is 1.01. The van der Waals surface area contributed by atoms with Gasteiger partial charge in [0.1, 0.15) is 0 Å². The van der Waals surface area contributed by atoms with Gasteiger partial charge in [0.25, 0.3) is 0 Å². The Hall–Kier alpha value is -1.03. The number of rotatable bonds is 5. The van der Waals surface area contributed by atoms with E-state index in [0.29, 0.717) is 33.5 Å². The fraction of sp³-hybridized carbons (Fsp3) is 0.231. The molecule has 0 N–H and O–H groups in total. The fourth-order valence-electron chi connectivity index (χ4n) is 1.77. The molecule has 0 fully saturated rings. The van der Waals surface area contributed by atoms with Gasteiger partial charge in [-0.25, -0.2) is 4.98 Å². The van der Waals surface area contributed by atoms with Crippen molar-refractivity contribution in [3.8, 4) is 0 Å². The number of aromatic nitrogens is 2. The normalized spacial score (nSPS) is 10.7. The van der Waals surface area contributed by atoms with Crippen molar-refractivity contribution in [1.29, 1.82) is 0 Å². The third-order valence-electron chi connectivity index (χ3n) is 2.67. The van der Waals surface area contributed by atoms with E-state index in [2.05, 4.69) is 4.98 Å². The second-order valence-electron chi connectivity index (χ2n) is 4.07. The molecule has 2 aromatic rings. The Labute approximate surface area is 126 Å². The first kappa shape index (κ1) is 14.4. The van der Waals surface area contributed by atoms with E-state index in [9.17, 15) is 4.79 Å². The van der Waals surface area contributed by atoms with E-state index in [4.69, 9.17) is 34.8 Å². The monoisotopic (exact) mass is 316 g/mol. The first-order valence-corrected chi connectivity index (χ1v) is 6.85. The van der Waals surface area contributed by atoms with Crippen LogP contribution in [0.3, 0.4) is 0 Å². The van der Waals surface area contributed by atoms with E-state index >= 15 is 0 Å². The SMILES string of the molecule is O=C(CCCn1ccnc1)c1c(Cl)cc(Cl)cc1Cl. The average molecular weight is 318 g/mol. The molecule has 0 unspecified atom stereocenters. The van der Waals surface area contributed by atoms with Crippen molar-refractivity contribution in [2.75, 3.05) is 0 Å². The Morgan fingerprint density at radius 2 is 1.89 bits per heavy atom. The summed E-state index contributed by atoms with van der Waals surface area (Å²) in [6.07, 6.45) is 6.35. The largest absolute Gasteiger partial charge is 0.337 e. The first-order chi connectivity index (χ1) is 9.08. The summed E-state index contributed by atoms with van der Waals surface area (Å²) in [5.41, 5.74) is 0.346. The van der Waals surface area contributed by atoms with Crippen molar-refractivity contribution >= 4 is 40.6 Å². The highest BCUT2D eigenvalue weighted by Gasteiger charge is 2.15. The molecule has 0 bridgehead atoms. The lowest BCUT2D eigenvalue weighted by molar-refractivity contribution is 0.0979. The lowest BCUT2D eigenvalue weighted by atomic mass is 10.1. The van der Waals surface area contributed by atoms with Crippen LogP contribution in [0.15, 0.2) is 30.9 Å². The number of carbonyl (C=O) groups excluding carboxylic acids is 1. The minimum atomic E-state index is -0.0771. The van der Waals surface area contributed by atoms with E-state index in [1.807, 2.05) is 10.8 Å². The molecule has 0 aliphatic heterocycles. The van der Waals surface area contributed by atoms with Crippen LogP contribution in [0.5, 0.6) is 0 Å². The highest BCUT2D eigenvalue weighted by molar-refractivity contribution is 6.42. The Morgan fingerprint density at radius 3 is 2.47 bits per heavy atom. The van der Waals surface area contributed by atoms with Crippen LogP contribution >= 0.6 is 34.8 Å². The third-order valence-corrected chi connectivity index (χ3v) is 3.48. The maximum Gasteiger partial charge on any atom is 0.165 e. The molecule has 1 heterocycles. The molecule has 19 heavy (non-hydrogen) atoms. The molecular formula is C13H11Cl3N2O. The summed E-state index contributed by atoms with van der Waals surface area (Å²) in [4.78, 5) is 16.0. The van der Waals surface area contributed by atoms with Gasteiger partial charge in [0.15, 0.2) is 5.78 Å². The van der Waals surface area contributed by atoms with E-state index in [-0.39, 0.29) is 5.78 Å². The smallest absolute Gasteiger partial charge is 0.165 e. The Morgan fingerprint density at radius 1 is 1.21 bits per heavy atom. The number of carbonyl (C=O) groups is 1. The number of ketones is 1. The summed E-state index contributed by atoms with van der Waals surface area (Å²) in [6.45, 7) is 0.731. The average Bonchev–Trinajstić information content (AvgIpc) is 2.80. The lowest BCUT2D eigenvalue weighted by Gasteiger charge is -2.07. The predicted octanol–water partition coefficient (Wildman–Crippen LogP) is 4.51. The van der Waals surface area contributed by atoms with Crippen LogP contribution in [0, 0.1) is 0 Å². The molecule has 0 aliphatic carbocycles. The van der Waals surface area contributed by atoms with Crippen LogP contribution < -0.4 is 0 Å². The number of halogens is 3. The van der Waals surface area contributed by atoms with Crippen LogP contribution in [-0.2, 0) is 6.54 Å². The fourth-order valence-corrected chi connectivity index (χ4v) is 2.80. The number of hydrogen-bond acceptors (Lipinski definition) is 2. The Bertz CT molecular complexity index is 559. The molecule has 2 rings (SSSR count). The molecule has 100 valence electrons. The highest BCUT2D eigenvalue weighted by Crippen LogP contribution is 2.30. The molecule has 0 saturated carbocycles. The van der Waals surface area contributed by atoms with Gasteiger partial charge in [-0.3, -0.25) is 4.79 Å². The van der Waals surface area contributed by atoms with Gasteiger partial charge in [0, 0.05) is 30.4 Å². The van der Waals surface area contributed by atoms with E-state index < -0.39 is 0 Å². The van der Waals surface area contributed by atoms with Gasteiger partial charge >= 0.3 is 0 Å². The van der Waals surface area contributed by atoms with Gasteiger partial charge in [0.05, 0.1) is 21.9 Å². The van der Waals surface area contributed by atoms with Gasteiger partial charge in [-0.2, -0.15) is 0 Å². The number of nitrogens with zero attached hydrogens (tertiary/aromatic N) is 2. The lowest BCUT2D eigenvalue weighted by Crippen LogP contribution is -2.04. The molecule has 6 heteroatoms. The third kappa shape index (κ3) is 3.72. The molecular weight excluding hydrogens is 307 g/mol. The molecule has 0 aliphatic rings. The van der Waals surface area contributed by atoms with E-state index in [0.717, 1.165) is 6.54 Å². The molecule has 0 radical (unpaired) electrons. The molecule has 3 nitrogen and oxygen atoms in total. The van der Waals surface area contributed by atoms with Gasteiger partial charge < -0.3 is 4.57 Å². The predicted molar refractivity (Wildman–Crippen MR) is 77.3 cm³/mol. The minimum Gasteiger partial charge on any atom is -0.337 e. The van der Waals surface area contributed by atoms with Crippen molar-refractivity contribution in [1.82, 2.24) is 9.55 Å². The van der Waals surface area contributed by atoms with Crippen molar-refractivity contribution < 1.29 is 4.79 Å². The van der Waals surface area contributed by atoms with Gasteiger partial charge in [-0.15, -0.1) is 0 Å². The zero-order chi connectivity index (χ0) is 13.8. The van der Waals surface area contributed by atoms with Gasteiger partial charge in [0.2, 0.25) is 0 Å². The Balaban J connectivity index is 2.00. The summed E-state index contributed by atoms with van der Waals surface area (Å²) in [7, 11) is 0. The van der Waals surface area contributed by atoms with Crippen molar-refractivity contribution in [3.05, 3.63) is 51.5 Å². The van der Waals surface area contributed by atoms with Crippen molar-refractivity contribution in [2.45, 2.75) is 19.4 Å². The number of Topliss-reactive ketones (excluding diaryl/α,β-unsaturated/α-hetero) is 1. The van der Waals surface area contributed by atoms with Crippen LogP contribution in [0.1, 0.15) is 23.2 Å². The summed E-state index contributed by atoms with van der Waals surface area (Å²) in [5.74, 6) is -0.0771. The summed E-state index contributed by atoms with van der Waals surface area (Å²) < 4.78 is 1.92. The topological polar surface area (TPSA) is 34.9 Å². The van der Waals surface area contributed by atoms with Crippen molar-refractivity contribution in [2.24, 2.45) is 0 Å². The number of hydrogen-bond donors (Lipinski definition) is 0. The summed E-state index contributed by atoms with van der Waals surface area (Å²) >= 11 is 17.8. The number of imidazole rings is 1. The van der Waals surface area contributed by atoms with Crippen LogP contribution in [0.4, 0.5) is 0 Å². The van der Waals surface area contributed by atoms with E-state index in [1.54, 1.807) is 12.5 Å². The zero-order valence-corrected chi connectivity index (χ0v) is 12.2. The second kappa shape index (κ2) is 6.42. The number of benzene rings is 1. The van der Waals surface area contributed by atoms with E-state index in [1.165, 1.54) is 12.1 Å². The maximum atomic E-state index is 12.1. The number of aryl methyl sites for hydroxylation is 1. The summed E-state index contributed by atoms with van der Waals surface area (Å²) in [6, 6.07) is 3.05. The molecule has 1 aromatic heterocycles.